The fourth-order valence-electron chi connectivity index (χ4n) is 5.75. The zero-order chi connectivity index (χ0) is 17.4. The minimum atomic E-state index is -0.295. The van der Waals surface area contributed by atoms with Gasteiger partial charge in [-0.05, 0) is 67.7 Å². The Morgan fingerprint density at radius 3 is 2.40 bits per heavy atom. The normalized spacial score (nSPS) is 33.9. The second kappa shape index (κ2) is 6.72. The lowest BCUT2D eigenvalue weighted by atomic mass is 9.53. The van der Waals surface area contributed by atoms with Crippen molar-refractivity contribution in [2.75, 3.05) is 13.6 Å². The second-order valence-corrected chi connectivity index (χ2v) is 9.62. The minimum Gasteiger partial charge on any atom is -0.332 e. The van der Waals surface area contributed by atoms with E-state index in [1.54, 1.807) is 11.3 Å². The number of rotatable bonds is 5. The van der Waals surface area contributed by atoms with Crippen molar-refractivity contribution in [1.29, 1.82) is 0 Å². The lowest BCUT2D eigenvalue weighted by molar-refractivity contribution is -0.885. The van der Waals surface area contributed by atoms with Crippen molar-refractivity contribution in [3.63, 3.8) is 0 Å². The van der Waals surface area contributed by atoms with E-state index in [2.05, 4.69) is 16.7 Å². The van der Waals surface area contributed by atoms with E-state index in [1.807, 2.05) is 18.5 Å². The zero-order valence-electron chi connectivity index (χ0n) is 14.8. The summed E-state index contributed by atoms with van der Waals surface area (Å²) in [4.78, 5) is 26.9. The fraction of sp³-hybridized carbons (Fsp3) is 0.684. The van der Waals surface area contributed by atoms with Crippen LogP contribution in [0.15, 0.2) is 17.5 Å². The number of carbonyl (C=O) groups excluding carboxylic acids is 2. The van der Waals surface area contributed by atoms with Gasteiger partial charge in [0, 0.05) is 5.54 Å². The van der Waals surface area contributed by atoms with Gasteiger partial charge in [0.05, 0.1) is 11.9 Å². The number of hydrogen-bond acceptors (Lipinski definition) is 3. The first kappa shape index (κ1) is 17.0. The van der Waals surface area contributed by atoms with Crippen LogP contribution in [-0.2, 0) is 11.3 Å². The maximum atomic E-state index is 12.4. The number of hydrogen-bond donors (Lipinski definition) is 3. The molecule has 0 spiro atoms. The number of thiophene rings is 1. The molecule has 5 nitrogen and oxygen atoms in total. The maximum Gasteiger partial charge on any atom is 0.322 e. The first-order valence-corrected chi connectivity index (χ1v) is 10.3. The Balaban J connectivity index is 1.26. The van der Waals surface area contributed by atoms with E-state index in [0.717, 1.165) is 48.5 Å². The van der Waals surface area contributed by atoms with Crippen LogP contribution in [-0.4, -0.2) is 31.1 Å². The molecular weight excluding hydrogens is 334 g/mol. The van der Waals surface area contributed by atoms with Gasteiger partial charge in [-0.15, -0.1) is 11.3 Å². The molecule has 3 amide bonds. The van der Waals surface area contributed by atoms with Crippen molar-refractivity contribution in [2.45, 2.75) is 50.6 Å². The van der Waals surface area contributed by atoms with E-state index in [0.29, 0.717) is 6.54 Å². The summed E-state index contributed by atoms with van der Waals surface area (Å²) in [5, 5.41) is 7.80. The molecule has 4 bridgehead atoms. The summed E-state index contributed by atoms with van der Waals surface area (Å²) in [5.41, 5.74) is -0.0468. The Kier molecular flexibility index (Phi) is 4.58. The molecular formula is C19H28N3O2S+. The molecule has 25 heavy (non-hydrogen) atoms. The third-order valence-electron chi connectivity index (χ3n) is 6.19. The number of imide groups is 1. The van der Waals surface area contributed by atoms with Crippen LogP contribution in [0.25, 0.3) is 0 Å². The van der Waals surface area contributed by atoms with Gasteiger partial charge in [0.25, 0.3) is 5.91 Å². The third kappa shape index (κ3) is 3.90. The largest absolute Gasteiger partial charge is 0.332 e. The molecule has 136 valence electrons. The van der Waals surface area contributed by atoms with Crippen LogP contribution in [0.1, 0.15) is 43.4 Å². The van der Waals surface area contributed by atoms with Gasteiger partial charge in [-0.1, -0.05) is 6.07 Å². The molecule has 0 aromatic carbocycles. The highest BCUT2D eigenvalue weighted by molar-refractivity contribution is 7.09. The molecule has 6 heteroatoms. The molecule has 1 heterocycles. The van der Waals surface area contributed by atoms with Crippen LogP contribution in [0.3, 0.4) is 0 Å². The molecule has 0 saturated heterocycles. The molecule has 4 aliphatic rings. The predicted octanol–water partition coefficient (Wildman–Crippen LogP) is 1.56. The summed E-state index contributed by atoms with van der Waals surface area (Å²) in [7, 11) is 1.98. The molecule has 0 aliphatic heterocycles. The number of quaternary nitrogens is 1. The molecule has 4 fully saturated rings. The molecule has 3 N–H and O–H groups in total. The smallest absolute Gasteiger partial charge is 0.322 e. The predicted molar refractivity (Wildman–Crippen MR) is 97.4 cm³/mol. The van der Waals surface area contributed by atoms with Crippen molar-refractivity contribution >= 4 is 23.3 Å². The molecule has 4 aliphatic carbocycles. The monoisotopic (exact) mass is 362 g/mol. The van der Waals surface area contributed by atoms with Crippen molar-refractivity contribution in [2.24, 2.45) is 17.8 Å². The SMILES string of the molecule is C[NH+](CC(=O)NC(=O)NC12CC3CC(CC(C3)C1)C2)Cc1cccs1. The van der Waals surface area contributed by atoms with Crippen LogP contribution < -0.4 is 15.5 Å². The average Bonchev–Trinajstić information content (AvgIpc) is 2.97. The first-order valence-electron chi connectivity index (χ1n) is 9.45. The zero-order valence-corrected chi connectivity index (χ0v) is 15.7. The van der Waals surface area contributed by atoms with Crippen molar-refractivity contribution in [3.05, 3.63) is 22.4 Å². The van der Waals surface area contributed by atoms with Crippen LogP contribution in [0.4, 0.5) is 4.79 Å². The van der Waals surface area contributed by atoms with Crippen LogP contribution in [0, 0.1) is 17.8 Å². The molecule has 5 rings (SSSR count). The Morgan fingerprint density at radius 1 is 1.20 bits per heavy atom. The summed E-state index contributed by atoms with van der Waals surface area (Å²) in [6.07, 6.45) is 7.34. The quantitative estimate of drug-likeness (QED) is 0.744. The van der Waals surface area contributed by atoms with Crippen molar-refractivity contribution in [3.8, 4) is 0 Å². The first-order chi connectivity index (χ1) is 12.0. The fourth-order valence-corrected chi connectivity index (χ4v) is 6.57. The highest BCUT2D eigenvalue weighted by Crippen LogP contribution is 2.55. The van der Waals surface area contributed by atoms with Gasteiger partial charge >= 0.3 is 6.03 Å². The number of urea groups is 1. The van der Waals surface area contributed by atoms with E-state index in [9.17, 15) is 9.59 Å². The summed E-state index contributed by atoms with van der Waals surface area (Å²) in [6.45, 7) is 1.12. The van der Waals surface area contributed by atoms with Crippen molar-refractivity contribution in [1.82, 2.24) is 10.6 Å². The van der Waals surface area contributed by atoms with Gasteiger partial charge in [0.1, 0.15) is 6.54 Å². The third-order valence-corrected chi connectivity index (χ3v) is 7.06. The highest BCUT2D eigenvalue weighted by Gasteiger charge is 2.51. The van der Waals surface area contributed by atoms with Gasteiger partial charge in [-0.3, -0.25) is 10.1 Å². The molecule has 1 aromatic rings. The molecule has 1 atom stereocenters. The van der Waals surface area contributed by atoms with Crippen LogP contribution in [0.5, 0.6) is 0 Å². The van der Waals surface area contributed by atoms with E-state index in [-0.39, 0.29) is 17.5 Å². The Bertz CT molecular complexity index is 608. The average molecular weight is 363 g/mol. The molecule has 0 radical (unpaired) electrons. The summed E-state index contributed by atoms with van der Waals surface area (Å²) < 4.78 is 0. The Morgan fingerprint density at radius 2 is 1.84 bits per heavy atom. The van der Waals surface area contributed by atoms with E-state index >= 15 is 0 Å². The number of likely N-dealkylation sites (N-methyl/N-ethyl adjacent to an activating group) is 1. The van der Waals surface area contributed by atoms with Gasteiger partial charge in [0.2, 0.25) is 0 Å². The maximum absolute atomic E-state index is 12.4. The van der Waals surface area contributed by atoms with Gasteiger partial charge < -0.3 is 10.2 Å². The molecule has 1 unspecified atom stereocenters. The summed E-state index contributed by atoms with van der Waals surface area (Å²) in [6, 6.07) is 3.80. The van der Waals surface area contributed by atoms with Crippen LogP contribution in [0.2, 0.25) is 0 Å². The molecule has 1 aromatic heterocycles. The lowest BCUT2D eigenvalue weighted by Gasteiger charge is -2.56. The topological polar surface area (TPSA) is 62.6 Å². The van der Waals surface area contributed by atoms with Gasteiger partial charge in [0.15, 0.2) is 6.54 Å². The summed E-state index contributed by atoms with van der Waals surface area (Å²) in [5.74, 6) is 2.15. The van der Waals surface area contributed by atoms with Gasteiger partial charge in [-0.25, -0.2) is 4.79 Å². The summed E-state index contributed by atoms with van der Waals surface area (Å²) >= 11 is 1.70. The lowest BCUT2D eigenvalue weighted by Crippen LogP contribution is -3.08. The standard InChI is InChI=1S/C19H27N3O2S/c1-22(11-16-3-2-4-25-16)12-17(23)20-18(24)21-19-8-13-5-14(9-19)7-15(6-13)10-19/h2-4,13-15H,5-12H2,1H3,(H2,20,21,23,24)/p+1. The van der Waals surface area contributed by atoms with E-state index in [1.165, 1.54) is 24.1 Å². The van der Waals surface area contributed by atoms with Crippen LogP contribution >= 0.6 is 11.3 Å². The minimum absolute atomic E-state index is 0.0468. The molecule has 4 saturated carbocycles. The van der Waals surface area contributed by atoms with E-state index in [4.69, 9.17) is 0 Å². The van der Waals surface area contributed by atoms with Crippen molar-refractivity contribution < 1.29 is 14.5 Å². The van der Waals surface area contributed by atoms with Gasteiger partial charge in [-0.2, -0.15) is 0 Å². The number of amides is 3. The second-order valence-electron chi connectivity index (χ2n) is 8.59. The Labute approximate surface area is 153 Å². The Hall–Kier alpha value is -1.40. The van der Waals surface area contributed by atoms with E-state index < -0.39 is 0 Å². The number of carbonyl (C=O) groups is 2. The highest BCUT2D eigenvalue weighted by atomic mass is 32.1. The number of nitrogens with one attached hydrogen (secondary N) is 3.